The Balaban J connectivity index is 1.46. The van der Waals surface area contributed by atoms with Gasteiger partial charge in [0.15, 0.2) is 0 Å². The molecular formula is C21H26ClN5O2. The zero-order chi connectivity index (χ0) is 20.4. The van der Waals surface area contributed by atoms with Crippen molar-refractivity contribution in [1.29, 1.82) is 0 Å². The Morgan fingerprint density at radius 1 is 1.00 bits per heavy atom. The highest BCUT2D eigenvalue weighted by atomic mass is 35.5. The van der Waals surface area contributed by atoms with E-state index in [0.29, 0.717) is 42.5 Å². The number of carbonyl (C=O) groups excluding carboxylic acids is 1. The van der Waals surface area contributed by atoms with Gasteiger partial charge in [0.05, 0.1) is 12.7 Å². The quantitative estimate of drug-likeness (QED) is 0.765. The maximum Gasteiger partial charge on any atom is 0.257 e. The number of ether oxygens (including phenoxy) is 1. The van der Waals surface area contributed by atoms with Gasteiger partial charge in [0.25, 0.3) is 5.91 Å². The molecule has 0 spiro atoms. The second-order valence-electron chi connectivity index (χ2n) is 7.49. The van der Waals surface area contributed by atoms with Crippen molar-refractivity contribution in [2.24, 2.45) is 0 Å². The van der Waals surface area contributed by atoms with Gasteiger partial charge >= 0.3 is 0 Å². The lowest BCUT2D eigenvalue weighted by atomic mass is 10.1. The molecule has 0 atom stereocenters. The van der Waals surface area contributed by atoms with Crippen LogP contribution in [0.25, 0.3) is 0 Å². The van der Waals surface area contributed by atoms with Crippen LogP contribution in [0.5, 0.6) is 5.75 Å². The van der Waals surface area contributed by atoms with Crippen LogP contribution in [0, 0.1) is 6.92 Å². The van der Waals surface area contributed by atoms with Crippen LogP contribution in [-0.4, -0.2) is 67.2 Å². The summed E-state index contributed by atoms with van der Waals surface area (Å²) in [5, 5.41) is 0.524. The smallest absolute Gasteiger partial charge is 0.257 e. The molecule has 1 amide bonds. The Bertz CT molecular complexity index is 893. The largest absolute Gasteiger partial charge is 0.496 e. The molecule has 2 aromatic rings. The lowest BCUT2D eigenvalue weighted by Crippen LogP contribution is -2.49. The van der Waals surface area contributed by atoms with Crippen molar-refractivity contribution in [2.45, 2.75) is 19.8 Å². The number of rotatable bonds is 4. The van der Waals surface area contributed by atoms with Crippen molar-refractivity contribution >= 4 is 29.3 Å². The van der Waals surface area contributed by atoms with Gasteiger partial charge in [0.2, 0.25) is 5.95 Å². The van der Waals surface area contributed by atoms with Gasteiger partial charge in [-0.1, -0.05) is 11.6 Å². The van der Waals surface area contributed by atoms with Gasteiger partial charge in [-0.2, -0.15) is 4.98 Å². The normalized spacial score (nSPS) is 17.0. The van der Waals surface area contributed by atoms with E-state index in [4.69, 9.17) is 21.3 Å². The summed E-state index contributed by atoms with van der Waals surface area (Å²) in [5.74, 6) is 2.23. The average Bonchev–Trinajstić information content (AvgIpc) is 3.28. The molecule has 2 saturated heterocycles. The van der Waals surface area contributed by atoms with Gasteiger partial charge < -0.3 is 19.4 Å². The maximum atomic E-state index is 13.0. The number of nitrogens with zero attached hydrogens (tertiary/aromatic N) is 5. The molecule has 0 radical (unpaired) electrons. The number of anilines is 2. The van der Waals surface area contributed by atoms with E-state index < -0.39 is 0 Å². The molecule has 1 aromatic carbocycles. The molecule has 4 rings (SSSR count). The number of hydrogen-bond acceptors (Lipinski definition) is 6. The third-order valence-electron chi connectivity index (χ3n) is 5.50. The van der Waals surface area contributed by atoms with Crippen molar-refractivity contribution in [3.05, 3.63) is 40.5 Å². The first-order valence-electron chi connectivity index (χ1n) is 10.0. The number of hydrogen-bond donors (Lipinski definition) is 0. The molecule has 0 unspecified atom stereocenters. The number of amides is 1. The number of piperazine rings is 1. The van der Waals surface area contributed by atoms with Crippen molar-refractivity contribution in [3.8, 4) is 5.75 Å². The minimum atomic E-state index is -0.0630. The molecule has 0 aliphatic carbocycles. The van der Waals surface area contributed by atoms with Gasteiger partial charge in [-0.15, -0.1) is 0 Å². The number of aromatic nitrogens is 2. The molecule has 8 heteroatoms. The number of halogens is 1. The van der Waals surface area contributed by atoms with Crippen LogP contribution in [-0.2, 0) is 0 Å². The summed E-state index contributed by atoms with van der Waals surface area (Å²) in [7, 11) is 1.56. The molecule has 7 nitrogen and oxygen atoms in total. The SMILES string of the molecule is COc1ccc(Cl)cc1C(=O)N1CCN(c2nc(C)cc(N3CCCC3)n2)CC1. The summed E-state index contributed by atoms with van der Waals surface area (Å²) < 4.78 is 5.34. The van der Waals surface area contributed by atoms with Crippen LogP contribution in [0.2, 0.25) is 5.02 Å². The molecule has 0 bridgehead atoms. The maximum absolute atomic E-state index is 13.0. The van der Waals surface area contributed by atoms with Crippen molar-refractivity contribution in [1.82, 2.24) is 14.9 Å². The van der Waals surface area contributed by atoms with E-state index in [2.05, 4.69) is 20.9 Å². The number of methoxy groups -OCH3 is 1. The number of carbonyl (C=O) groups is 1. The van der Waals surface area contributed by atoms with Crippen LogP contribution < -0.4 is 14.5 Å². The van der Waals surface area contributed by atoms with Crippen molar-refractivity contribution in [3.63, 3.8) is 0 Å². The fourth-order valence-electron chi connectivity index (χ4n) is 3.91. The van der Waals surface area contributed by atoms with E-state index in [9.17, 15) is 4.79 Å². The highest BCUT2D eigenvalue weighted by molar-refractivity contribution is 6.31. The molecule has 3 heterocycles. The predicted octanol–water partition coefficient (Wildman–Crippen LogP) is 3.01. The molecule has 29 heavy (non-hydrogen) atoms. The van der Waals surface area contributed by atoms with Gasteiger partial charge in [0.1, 0.15) is 11.6 Å². The van der Waals surface area contributed by atoms with Crippen LogP contribution in [0.3, 0.4) is 0 Å². The molecule has 2 aliphatic heterocycles. The molecule has 2 aliphatic rings. The molecule has 0 saturated carbocycles. The van der Waals surface area contributed by atoms with Crippen LogP contribution >= 0.6 is 11.6 Å². The van der Waals surface area contributed by atoms with E-state index in [1.807, 2.05) is 11.8 Å². The number of aryl methyl sites for hydroxylation is 1. The molecule has 0 N–H and O–H groups in total. The third-order valence-corrected chi connectivity index (χ3v) is 5.74. The Hall–Kier alpha value is -2.54. The predicted molar refractivity (Wildman–Crippen MR) is 114 cm³/mol. The number of benzene rings is 1. The van der Waals surface area contributed by atoms with Gasteiger partial charge in [-0.3, -0.25) is 4.79 Å². The Kier molecular flexibility index (Phi) is 5.76. The molecule has 1 aromatic heterocycles. The first kappa shape index (κ1) is 19.8. The fraction of sp³-hybridized carbons (Fsp3) is 0.476. The summed E-state index contributed by atoms with van der Waals surface area (Å²) >= 11 is 6.09. The summed E-state index contributed by atoms with van der Waals surface area (Å²) in [6.45, 7) is 6.71. The van der Waals surface area contributed by atoms with E-state index in [-0.39, 0.29) is 5.91 Å². The van der Waals surface area contributed by atoms with E-state index in [1.54, 1.807) is 25.3 Å². The van der Waals surface area contributed by atoms with E-state index in [0.717, 1.165) is 30.5 Å². The first-order valence-corrected chi connectivity index (χ1v) is 10.4. The van der Waals surface area contributed by atoms with E-state index >= 15 is 0 Å². The first-order chi connectivity index (χ1) is 14.0. The van der Waals surface area contributed by atoms with Crippen LogP contribution in [0.1, 0.15) is 28.9 Å². The summed E-state index contributed by atoms with van der Waals surface area (Å²) in [6.07, 6.45) is 2.43. The highest BCUT2D eigenvalue weighted by Gasteiger charge is 2.26. The Morgan fingerprint density at radius 2 is 1.72 bits per heavy atom. The standard InChI is InChI=1S/C21H26ClN5O2/c1-15-13-19(25-7-3-4-8-25)24-21(23-15)27-11-9-26(10-12-27)20(28)17-14-16(22)5-6-18(17)29-2/h5-6,13-14H,3-4,7-12H2,1-2H3. The zero-order valence-corrected chi connectivity index (χ0v) is 17.7. The zero-order valence-electron chi connectivity index (χ0n) is 16.9. The third kappa shape index (κ3) is 4.24. The summed E-state index contributed by atoms with van der Waals surface area (Å²) in [6, 6.07) is 7.18. The van der Waals surface area contributed by atoms with Crippen LogP contribution in [0.15, 0.2) is 24.3 Å². The van der Waals surface area contributed by atoms with E-state index in [1.165, 1.54) is 12.8 Å². The summed E-state index contributed by atoms with van der Waals surface area (Å²) in [4.78, 5) is 28.8. The summed E-state index contributed by atoms with van der Waals surface area (Å²) in [5.41, 5.74) is 1.47. The fourth-order valence-corrected chi connectivity index (χ4v) is 4.09. The lowest BCUT2D eigenvalue weighted by molar-refractivity contribution is 0.0743. The Morgan fingerprint density at radius 3 is 2.41 bits per heavy atom. The van der Waals surface area contributed by atoms with Gasteiger partial charge in [0, 0.05) is 56.1 Å². The molecule has 2 fully saturated rings. The minimum Gasteiger partial charge on any atom is -0.496 e. The monoisotopic (exact) mass is 415 g/mol. The lowest BCUT2D eigenvalue weighted by Gasteiger charge is -2.35. The second-order valence-corrected chi connectivity index (χ2v) is 7.92. The highest BCUT2D eigenvalue weighted by Crippen LogP contribution is 2.26. The Labute approximate surface area is 176 Å². The molecular weight excluding hydrogens is 390 g/mol. The average molecular weight is 416 g/mol. The van der Waals surface area contributed by atoms with Gasteiger partial charge in [-0.05, 0) is 38.0 Å². The van der Waals surface area contributed by atoms with Gasteiger partial charge in [-0.25, -0.2) is 4.98 Å². The van der Waals surface area contributed by atoms with Crippen molar-refractivity contribution in [2.75, 3.05) is 56.2 Å². The molecule has 154 valence electrons. The minimum absolute atomic E-state index is 0.0630. The van der Waals surface area contributed by atoms with Crippen LogP contribution in [0.4, 0.5) is 11.8 Å². The van der Waals surface area contributed by atoms with Crippen molar-refractivity contribution < 1.29 is 9.53 Å². The second kappa shape index (κ2) is 8.45. The topological polar surface area (TPSA) is 61.8 Å².